The van der Waals surface area contributed by atoms with Crippen molar-refractivity contribution in [2.45, 2.75) is 24.2 Å². The molecule has 1 heterocycles. The second-order valence-electron chi connectivity index (χ2n) is 7.39. The van der Waals surface area contributed by atoms with E-state index in [-0.39, 0.29) is 10.8 Å². The highest BCUT2D eigenvalue weighted by Gasteiger charge is 2.28. The first-order chi connectivity index (χ1) is 14.4. The number of rotatable bonds is 9. The molecule has 0 unspecified atom stereocenters. The smallest absolute Gasteiger partial charge is 0.243 e. The van der Waals surface area contributed by atoms with E-state index in [0.717, 1.165) is 25.0 Å². The first kappa shape index (κ1) is 22.4. The van der Waals surface area contributed by atoms with Crippen molar-refractivity contribution in [3.8, 4) is 0 Å². The van der Waals surface area contributed by atoms with E-state index in [4.69, 9.17) is 0 Å². The highest BCUT2D eigenvalue weighted by atomic mass is 32.2. The lowest BCUT2D eigenvalue weighted by molar-refractivity contribution is -0.121. The van der Waals surface area contributed by atoms with Gasteiger partial charge < -0.3 is 5.32 Å². The van der Waals surface area contributed by atoms with Crippen LogP contribution in [-0.2, 0) is 21.2 Å². The Morgan fingerprint density at radius 2 is 1.63 bits per heavy atom. The molecule has 0 saturated carbocycles. The van der Waals surface area contributed by atoms with Crippen molar-refractivity contribution >= 4 is 15.9 Å². The first-order valence-electron chi connectivity index (χ1n) is 10.2. The molecule has 0 radical (unpaired) electrons. The fraction of sp³-hybridized carbons (Fsp3) is 0.409. The standard InChI is InChI=1S/C22H28FN3O3S/c23-20-9-11-21(12-10-20)30(28,29)26-17-15-25(16-18-26)14-13-24-22(27)8-4-7-19-5-2-1-3-6-19/h1-3,5-6,9-12H,4,7-8,13-18H2,(H,24,27). The van der Waals surface area contributed by atoms with E-state index >= 15 is 0 Å². The van der Waals surface area contributed by atoms with Gasteiger partial charge in [0.2, 0.25) is 15.9 Å². The lowest BCUT2D eigenvalue weighted by atomic mass is 10.1. The Hall–Kier alpha value is -2.29. The number of amides is 1. The average molecular weight is 434 g/mol. The summed E-state index contributed by atoms with van der Waals surface area (Å²) in [5.41, 5.74) is 1.23. The van der Waals surface area contributed by atoms with Gasteiger partial charge in [-0.2, -0.15) is 4.31 Å². The SMILES string of the molecule is O=C(CCCc1ccccc1)NCCN1CCN(S(=O)(=O)c2ccc(F)cc2)CC1. The molecule has 0 aliphatic carbocycles. The van der Waals surface area contributed by atoms with Crippen LogP contribution in [-0.4, -0.2) is 62.8 Å². The average Bonchev–Trinajstić information content (AvgIpc) is 2.75. The zero-order valence-corrected chi connectivity index (χ0v) is 17.8. The number of nitrogens with one attached hydrogen (secondary N) is 1. The van der Waals surface area contributed by atoms with Crippen molar-refractivity contribution in [1.82, 2.24) is 14.5 Å². The molecule has 1 N–H and O–H groups in total. The molecule has 0 spiro atoms. The molecule has 1 aliphatic heterocycles. The van der Waals surface area contributed by atoms with Crippen LogP contribution in [0, 0.1) is 5.82 Å². The molecule has 2 aromatic rings. The Balaban J connectivity index is 1.34. The molecule has 1 aliphatic rings. The number of carbonyl (C=O) groups excluding carboxylic acids is 1. The van der Waals surface area contributed by atoms with Crippen LogP contribution in [0.5, 0.6) is 0 Å². The van der Waals surface area contributed by atoms with Crippen LogP contribution in [0.3, 0.4) is 0 Å². The van der Waals surface area contributed by atoms with Gasteiger partial charge in [0, 0.05) is 45.7 Å². The van der Waals surface area contributed by atoms with Gasteiger partial charge in [-0.05, 0) is 42.7 Å². The van der Waals surface area contributed by atoms with E-state index in [2.05, 4.69) is 22.3 Å². The van der Waals surface area contributed by atoms with Crippen molar-refractivity contribution in [2.24, 2.45) is 0 Å². The van der Waals surface area contributed by atoms with Gasteiger partial charge in [0.05, 0.1) is 4.90 Å². The normalized spacial score (nSPS) is 15.8. The topological polar surface area (TPSA) is 69.7 Å². The monoisotopic (exact) mass is 433 g/mol. The third kappa shape index (κ3) is 6.35. The third-order valence-electron chi connectivity index (χ3n) is 5.24. The lowest BCUT2D eigenvalue weighted by Crippen LogP contribution is -2.50. The minimum absolute atomic E-state index is 0.0449. The molecule has 6 nitrogen and oxygen atoms in total. The molecular formula is C22H28FN3O3S. The third-order valence-corrected chi connectivity index (χ3v) is 7.16. The lowest BCUT2D eigenvalue weighted by Gasteiger charge is -2.33. The van der Waals surface area contributed by atoms with Crippen LogP contribution in [0.4, 0.5) is 4.39 Å². The predicted molar refractivity (Wildman–Crippen MR) is 114 cm³/mol. The molecule has 2 aromatic carbocycles. The van der Waals surface area contributed by atoms with Crippen molar-refractivity contribution in [1.29, 1.82) is 0 Å². The quantitative estimate of drug-likeness (QED) is 0.659. The van der Waals surface area contributed by atoms with E-state index in [0.29, 0.717) is 45.7 Å². The van der Waals surface area contributed by atoms with Gasteiger partial charge in [-0.25, -0.2) is 12.8 Å². The number of hydrogen-bond donors (Lipinski definition) is 1. The summed E-state index contributed by atoms with van der Waals surface area (Å²) < 4.78 is 39.8. The number of sulfonamides is 1. The van der Waals surface area contributed by atoms with Gasteiger partial charge in [0.15, 0.2) is 0 Å². The van der Waals surface area contributed by atoms with Gasteiger partial charge >= 0.3 is 0 Å². The second kappa shape index (κ2) is 10.7. The number of halogens is 1. The molecule has 0 atom stereocenters. The molecule has 162 valence electrons. The van der Waals surface area contributed by atoms with Crippen LogP contribution in [0.1, 0.15) is 18.4 Å². The number of benzene rings is 2. The maximum absolute atomic E-state index is 13.0. The zero-order valence-electron chi connectivity index (χ0n) is 17.0. The van der Waals surface area contributed by atoms with E-state index in [1.807, 2.05) is 18.2 Å². The number of nitrogens with zero attached hydrogens (tertiary/aromatic N) is 2. The summed E-state index contributed by atoms with van der Waals surface area (Å²) in [6.07, 6.45) is 2.20. The highest BCUT2D eigenvalue weighted by molar-refractivity contribution is 7.89. The molecular weight excluding hydrogens is 405 g/mol. The summed E-state index contributed by atoms with van der Waals surface area (Å²) in [5.74, 6) is -0.413. The molecule has 1 amide bonds. The van der Waals surface area contributed by atoms with Crippen LogP contribution in [0.15, 0.2) is 59.5 Å². The Labute approximate surface area is 177 Å². The number of carbonyl (C=O) groups is 1. The summed E-state index contributed by atoms with van der Waals surface area (Å²) in [6.45, 7) is 3.20. The Morgan fingerprint density at radius 1 is 0.967 bits per heavy atom. The van der Waals surface area contributed by atoms with Gasteiger partial charge in [-0.1, -0.05) is 30.3 Å². The second-order valence-corrected chi connectivity index (χ2v) is 9.33. The van der Waals surface area contributed by atoms with Crippen molar-refractivity contribution < 1.29 is 17.6 Å². The van der Waals surface area contributed by atoms with Crippen LogP contribution in [0.25, 0.3) is 0 Å². The summed E-state index contributed by atoms with van der Waals surface area (Å²) in [6, 6.07) is 15.0. The highest BCUT2D eigenvalue weighted by Crippen LogP contribution is 2.17. The Kier molecular flexibility index (Phi) is 7.95. The minimum Gasteiger partial charge on any atom is -0.355 e. The van der Waals surface area contributed by atoms with E-state index < -0.39 is 15.8 Å². The fourth-order valence-electron chi connectivity index (χ4n) is 3.49. The molecule has 0 bridgehead atoms. The summed E-state index contributed by atoms with van der Waals surface area (Å²) >= 11 is 0. The Morgan fingerprint density at radius 3 is 2.30 bits per heavy atom. The molecule has 1 fully saturated rings. The molecule has 3 rings (SSSR count). The van der Waals surface area contributed by atoms with E-state index in [1.54, 1.807) is 0 Å². The van der Waals surface area contributed by atoms with Gasteiger partial charge in [0.25, 0.3) is 0 Å². The van der Waals surface area contributed by atoms with Gasteiger partial charge in [-0.15, -0.1) is 0 Å². The minimum atomic E-state index is -3.60. The first-order valence-corrected chi connectivity index (χ1v) is 11.7. The van der Waals surface area contributed by atoms with Crippen LogP contribution >= 0.6 is 0 Å². The summed E-state index contributed by atoms with van der Waals surface area (Å²) in [4.78, 5) is 14.2. The van der Waals surface area contributed by atoms with Gasteiger partial charge in [-0.3, -0.25) is 9.69 Å². The van der Waals surface area contributed by atoms with Crippen LogP contribution < -0.4 is 5.32 Å². The van der Waals surface area contributed by atoms with Crippen LogP contribution in [0.2, 0.25) is 0 Å². The number of piperazine rings is 1. The van der Waals surface area contributed by atoms with Gasteiger partial charge in [0.1, 0.15) is 5.82 Å². The van der Waals surface area contributed by atoms with Crippen molar-refractivity contribution in [2.75, 3.05) is 39.3 Å². The molecule has 8 heteroatoms. The zero-order chi connectivity index (χ0) is 21.4. The van der Waals surface area contributed by atoms with E-state index in [9.17, 15) is 17.6 Å². The van der Waals surface area contributed by atoms with Crippen molar-refractivity contribution in [3.63, 3.8) is 0 Å². The Bertz CT molecular complexity index is 912. The molecule has 1 saturated heterocycles. The molecule has 0 aromatic heterocycles. The number of hydrogen-bond acceptors (Lipinski definition) is 4. The largest absolute Gasteiger partial charge is 0.355 e. The van der Waals surface area contributed by atoms with Crippen molar-refractivity contribution in [3.05, 3.63) is 66.0 Å². The summed E-state index contributed by atoms with van der Waals surface area (Å²) in [5, 5.41) is 2.94. The maximum atomic E-state index is 13.0. The predicted octanol–water partition coefficient (Wildman–Crippen LogP) is 2.27. The fourth-order valence-corrected chi connectivity index (χ4v) is 4.91. The van der Waals surface area contributed by atoms with E-state index in [1.165, 1.54) is 22.0 Å². The number of aryl methyl sites for hydroxylation is 1. The molecule has 30 heavy (non-hydrogen) atoms. The summed E-state index contributed by atoms with van der Waals surface area (Å²) in [7, 11) is -3.60. The maximum Gasteiger partial charge on any atom is 0.243 e.